The van der Waals surface area contributed by atoms with Crippen molar-refractivity contribution in [2.24, 2.45) is 5.41 Å². The van der Waals surface area contributed by atoms with E-state index in [4.69, 9.17) is 9.47 Å². The third-order valence-electron chi connectivity index (χ3n) is 3.35. The molecule has 0 aliphatic rings. The van der Waals surface area contributed by atoms with Gasteiger partial charge in [0.1, 0.15) is 6.61 Å². The van der Waals surface area contributed by atoms with E-state index in [2.05, 4.69) is 27.4 Å². The van der Waals surface area contributed by atoms with Crippen LogP contribution in [0.25, 0.3) is 0 Å². The van der Waals surface area contributed by atoms with Gasteiger partial charge in [-0.2, -0.15) is 0 Å². The first kappa shape index (κ1) is 20.2. The predicted octanol–water partition coefficient (Wildman–Crippen LogP) is 4.90. The smallest absolute Gasteiger partial charge is 0.330 e. The molecule has 0 heterocycles. The van der Waals surface area contributed by atoms with Gasteiger partial charge in [-0.05, 0) is 18.3 Å². The number of hydrogen-bond donors (Lipinski definition) is 0. The van der Waals surface area contributed by atoms with E-state index >= 15 is 0 Å². The zero-order chi connectivity index (χ0) is 16.0. The first-order valence-corrected chi connectivity index (χ1v) is 8.32. The van der Waals surface area contributed by atoms with Crippen molar-refractivity contribution in [3.8, 4) is 0 Å². The summed E-state index contributed by atoms with van der Waals surface area (Å²) in [6.45, 7) is 11.8. The van der Waals surface area contributed by atoms with Gasteiger partial charge < -0.3 is 9.47 Å². The van der Waals surface area contributed by atoms with Gasteiger partial charge >= 0.3 is 5.97 Å². The number of unbranched alkanes of at least 4 members (excludes halogenated alkanes) is 6. The Labute approximate surface area is 131 Å². The molecule has 0 aliphatic heterocycles. The van der Waals surface area contributed by atoms with Gasteiger partial charge in [0, 0.05) is 12.7 Å². The molecule has 3 nitrogen and oxygen atoms in total. The van der Waals surface area contributed by atoms with Gasteiger partial charge in [0.05, 0.1) is 6.61 Å². The van der Waals surface area contributed by atoms with Crippen LogP contribution in [0.4, 0.5) is 0 Å². The second-order valence-electron chi connectivity index (χ2n) is 6.77. The summed E-state index contributed by atoms with van der Waals surface area (Å²) in [5.74, 6) is -0.384. The van der Waals surface area contributed by atoms with E-state index < -0.39 is 0 Å². The molecule has 0 aromatic rings. The van der Waals surface area contributed by atoms with Crippen LogP contribution in [0, 0.1) is 5.41 Å². The largest absolute Gasteiger partial charge is 0.460 e. The number of ether oxygens (including phenoxy) is 2. The van der Waals surface area contributed by atoms with Crippen molar-refractivity contribution in [1.82, 2.24) is 0 Å². The molecular formula is C18H34O3. The molecule has 0 spiro atoms. The number of carbonyl (C=O) groups is 1. The fraction of sp³-hybridized carbons (Fsp3) is 0.833. The predicted molar refractivity (Wildman–Crippen MR) is 88.4 cm³/mol. The molecule has 124 valence electrons. The van der Waals surface area contributed by atoms with Crippen LogP contribution in [0.2, 0.25) is 0 Å². The van der Waals surface area contributed by atoms with Crippen molar-refractivity contribution in [2.45, 2.75) is 72.1 Å². The molecule has 0 radical (unpaired) electrons. The minimum atomic E-state index is -0.384. The van der Waals surface area contributed by atoms with Gasteiger partial charge in [-0.3, -0.25) is 0 Å². The van der Waals surface area contributed by atoms with Crippen LogP contribution in [-0.2, 0) is 14.3 Å². The van der Waals surface area contributed by atoms with Crippen LogP contribution in [-0.4, -0.2) is 25.8 Å². The highest BCUT2D eigenvalue weighted by Crippen LogP contribution is 2.22. The molecule has 21 heavy (non-hydrogen) atoms. The van der Waals surface area contributed by atoms with Crippen LogP contribution < -0.4 is 0 Å². The molecule has 0 amide bonds. The second kappa shape index (κ2) is 12.9. The summed E-state index contributed by atoms with van der Waals surface area (Å²) < 4.78 is 10.2. The lowest BCUT2D eigenvalue weighted by atomic mass is 9.89. The number of rotatable bonds is 13. The third kappa shape index (κ3) is 17.1. The van der Waals surface area contributed by atoms with E-state index in [1.54, 1.807) is 0 Å². The fourth-order valence-corrected chi connectivity index (χ4v) is 2.11. The van der Waals surface area contributed by atoms with Crippen molar-refractivity contribution in [1.29, 1.82) is 0 Å². The quantitative estimate of drug-likeness (QED) is 0.276. The molecule has 0 aromatic heterocycles. The maximum atomic E-state index is 10.8. The third-order valence-corrected chi connectivity index (χ3v) is 3.35. The minimum Gasteiger partial charge on any atom is -0.460 e. The Bertz CT molecular complexity index is 266. The Hall–Kier alpha value is -0.830. The van der Waals surface area contributed by atoms with Crippen molar-refractivity contribution >= 4 is 5.97 Å². The topological polar surface area (TPSA) is 35.5 Å². The van der Waals surface area contributed by atoms with Gasteiger partial charge in [-0.15, -0.1) is 0 Å². The molecule has 0 fully saturated rings. The zero-order valence-electron chi connectivity index (χ0n) is 14.3. The van der Waals surface area contributed by atoms with Crippen LogP contribution in [0.3, 0.4) is 0 Å². The van der Waals surface area contributed by atoms with Crippen LogP contribution >= 0.6 is 0 Å². The molecule has 0 N–H and O–H groups in total. The van der Waals surface area contributed by atoms with Crippen molar-refractivity contribution in [2.75, 3.05) is 19.8 Å². The summed E-state index contributed by atoms with van der Waals surface area (Å²) in [5.41, 5.74) is 0.483. The summed E-state index contributed by atoms with van der Waals surface area (Å²) in [6, 6.07) is 0. The van der Waals surface area contributed by atoms with Crippen LogP contribution in [0.5, 0.6) is 0 Å². The fourth-order valence-electron chi connectivity index (χ4n) is 2.11. The Morgan fingerprint density at radius 3 is 2.05 bits per heavy atom. The molecule has 0 saturated carbocycles. The SMILES string of the molecule is C=CC(=O)OCCOCCCCCCCCCC(C)(C)C. The van der Waals surface area contributed by atoms with Crippen molar-refractivity contribution < 1.29 is 14.3 Å². The van der Waals surface area contributed by atoms with E-state index in [-0.39, 0.29) is 5.97 Å². The molecule has 0 aliphatic carbocycles. The summed E-state index contributed by atoms with van der Waals surface area (Å²) in [4.78, 5) is 10.8. The first-order valence-electron chi connectivity index (χ1n) is 8.32. The molecule has 0 saturated heterocycles. The normalized spacial score (nSPS) is 11.4. The Balaban J connectivity index is 3.09. The lowest BCUT2D eigenvalue weighted by Crippen LogP contribution is -2.08. The van der Waals surface area contributed by atoms with E-state index in [1.165, 1.54) is 51.0 Å². The number of esters is 1. The highest BCUT2D eigenvalue weighted by atomic mass is 16.6. The van der Waals surface area contributed by atoms with Crippen molar-refractivity contribution in [3.05, 3.63) is 12.7 Å². The van der Waals surface area contributed by atoms with Gasteiger partial charge in [-0.1, -0.05) is 65.9 Å². The lowest BCUT2D eigenvalue weighted by molar-refractivity contribution is -0.139. The molecule has 0 atom stereocenters. The summed E-state index contributed by atoms with van der Waals surface area (Å²) >= 11 is 0. The Morgan fingerprint density at radius 1 is 0.905 bits per heavy atom. The van der Waals surface area contributed by atoms with E-state index in [0.717, 1.165) is 13.0 Å². The number of hydrogen-bond acceptors (Lipinski definition) is 3. The standard InChI is InChI=1S/C18H34O3/c1-5-17(19)21-16-15-20-14-12-10-8-6-7-9-11-13-18(2,3)4/h5H,1,6-16H2,2-4H3. The summed E-state index contributed by atoms with van der Waals surface area (Å²) in [5, 5.41) is 0. The highest BCUT2D eigenvalue weighted by Gasteiger charge is 2.08. The molecular weight excluding hydrogens is 264 g/mol. The monoisotopic (exact) mass is 298 g/mol. The van der Waals surface area contributed by atoms with E-state index in [1.807, 2.05) is 0 Å². The van der Waals surface area contributed by atoms with Gasteiger partial charge in [0.15, 0.2) is 0 Å². The Morgan fingerprint density at radius 2 is 1.48 bits per heavy atom. The van der Waals surface area contributed by atoms with Gasteiger partial charge in [-0.25, -0.2) is 4.79 Å². The molecule has 3 heteroatoms. The maximum Gasteiger partial charge on any atom is 0.330 e. The molecule has 0 unspecified atom stereocenters. The average Bonchev–Trinajstić information content (AvgIpc) is 2.42. The van der Waals surface area contributed by atoms with Gasteiger partial charge in [0.2, 0.25) is 0 Å². The minimum absolute atomic E-state index is 0.318. The highest BCUT2D eigenvalue weighted by molar-refractivity contribution is 5.81. The van der Waals surface area contributed by atoms with E-state index in [0.29, 0.717) is 18.6 Å². The van der Waals surface area contributed by atoms with Crippen molar-refractivity contribution in [3.63, 3.8) is 0 Å². The molecule has 0 aromatic carbocycles. The van der Waals surface area contributed by atoms with Crippen LogP contribution in [0.15, 0.2) is 12.7 Å². The summed E-state index contributed by atoms with van der Waals surface area (Å²) in [7, 11) is 0. The number of carbonyl (C=O) groups excluding carboxylic acids is 1. The molecule has 0 rings (SSSR count). The average molecular weight is 298 g/mol. The van der Waals surface area contributed by atoms with E-state index in [9.17, 15) is 4.79 Å². The molecule has 0 bridgehead atoms. The summed E-state index contributed by atoms with van der Waals surface area (Å²) in [6.07, 6.45) is 11.5. The maximum absolute atomic E-state index is 10.8. The first-order chi connectivity index (χ1) is 9.95. The second-order valence-corrected chi connectivity index (χ2v) is 6.77. The van der Waals surface area contributed by atoms with Crippen LogP contribution in [0.1, 0.15) is 72.1 Å². The zero-order valence-corrected chi connectivity index (χ0v) is 14.3. The van der Waals surface area contributed by atoms with Gasteiger partial charge in [0.25, 0.3) is 0 Å². The lowest BCUT2D eigenvalue weighted by Gasteiger charge is -2.17. The Kier molecular flexibility index (Phi) is 12.4.